The van der Waals surface area contributed by atoms with Gasteiger partial charge in [0.15, 0.2) is 5.49 Å². The number of unbranched alkanes of at least 4 members (excludes halogenated alkanes) is 2. The van der Waals surface area contributed by atoms with E-state index in [2.05, 4.69) is 18.0 Å². The fourth-order valence-corrected chi connectivity index (χ4v) is 3.89. The zero-order valence-electron chi connectivity index (χ0n) is 19.2. The number of pyridine rings is 2. The number of aromatic nitrogens is 3. The highest BCUT2D eigenvalue weighted by molar-refractivity contribution is 5.97. The molecule has 1 aromatic carbocycles. The van der Waals surface area contributed by atoms with Crippen LogP contribution >= 0.6 is 0 Å². The Bertz CT molecular complexity index is 1540. The molecule has 4 aromatic rings. The van der Waals surface area contributed by atoms with Crippen molar-refractivity contribution in [3.05, 3.63) is 81.7 Å². The van der Waals surface area contributed by atoms with Gasteiger partial charge in [-0.05, 0) is 43.7 Å². The first-order chi connectivity index (χ1) is 16.6. The minimum Gasteiger partial charge on any atom is -0.493 e. The highest BCUT2D eigenvalue weighted by Crippen LogP contribution is 2.19. The van der Waals surface area contributed by atoms with E-state index in [1.54, 1.807) is 53.2 Å². The number of hydrogen-bond acceptors (Lipinski definition) is 5. The van der Waals surface area contributed by atoms with Gasteiger partial charge in [0.05, 0.1) is 23.1 Å². The number of nitrogens with zero attached hydrogens (tertiary/aromatic N) is 5. The Morgan fingerprint density at radius 3 is 2.71 bits per heavy atom. The van der Waals surface area contributed by atoms with Crippen molar-refractivity contribution in [1.29, 1.82) is 5.26 Å². The zero-order valence-corrected chi connectivity index (χ0v) is 19.2. The third-order valence-electron chi connectivity index (χ3n) is 5.52. The molecule has 0 saturated heterocycles. The number of hydrogen-bond donors (Lipinski definition) is 0. The third-order valence-corrected chi connectivity index (χ3v) is 5.52. The molecule has 172 valence electrons. The molecule has 0 saturated carbocycles. The molecule has 0 N–H and O–H groups in total. The number of carbonyl (C=O) groups is 1. The average Bonchev–Trinajstić information content (AvgIpc) is 2.86. The van der Waals surface area contributed by atoms with Crippen LogP contribution in [-0.4, -0.2) is 26.5 Å². The first-order valence-corrected chi connectivity index (χ1v) is 11.3. The second-order valence-electron chi connectivity index (χ2n) is 7.78. The van der Waals surface area contributed by atoms with E-state index < -0.39 is 5.91 Å². The molecule has 1 amide bonds. The van der Waals surface area contributed by atoms with Gasteiger partial charge in [-0.25, -0.2) is 4.98 Å². The van der Waals surface area contributed by atoms with Crippen molar-refractivity contribution in [2.45, 2.75) is 39.7 Å². The molecule has 0 spiro atoms. The van der Waals surface area contributed by atoms with Crippen LogP contribution in [0.25, 0.3) is 16.7 Å². The van der Waals surface area contributed by atoms with Crippen molar-refractivity contribution in [3.8, 4) is 11.8 Å². The summed E-state index contributed by atoms with van der Waals surface area (Å²) >= 11 is 0. The standard InChI is InChI=1S/C26H25N5O3/c1-3-5-9-15-31-23(29-25(32)19-11-6-7-12-21(19)34-4-2)18(17-27)16-20-24(31)28-22-13-8-10-14-30(22)26(20)33/h6-8,10-14,16H,3-5,9,15H2,1-2H3. The summed E-state index contributed by atoms with van der Waals surface area (Å²) in [5.74, 6) is -0.0976. The number of aryl methyl sites for hydroxylation is 1. The van der Waals surface area contributed by atoms with E-state index in [9.17, 15) is 14.9 Å². The Balaban J connectivity index is 2.03. The third kappa shape index (κ3) is 4.33. The van der Waals surface area contributed by atoms with Gasteiger partial charge in [-0.1, -0.05) is 38.0 Å². The molecule has 0 fully saturated rings. The lowest BCUT2D eigenvalue weighted by Gasteiger charge is -2.13. The van der Waals surface area contributed by atoms with Crippen LogP contribution < -0.4 is 15.8 Å². The molecule has 0 bridgehead atoms. The van der Waals surface area contributed by atoms with Crippen molar-refractivity contribution in [2.24, 2.45) is 4.99 Å². The summed E-state index contributed by atoms with van der Waals surface area (Å²) in [6.07, 6.45) is 4.36. The number of benzene rings is 1. The summed E-state index contributed by atoms with van der Waals surface area (Å²) in [6.45, 7) is 4.80. The first kappa shape index (κ1) is 22.9. The molecule has 3 heterocycles. The predicted molar refractivity (Wildman–Crippen MR) is 129 cm³/mol. The molecule has 4 rings (SSSR count). The maximum Gasteiger partial charge on any atom is 0.282 e. The van der Waals surface area contributed by atoms with E-state index in [-0.39, 0.29) is 16.6 Å². The smallest absolute Gasteiger partial charge is 0.282 e. The molecule has 0 aliphatic heterocycles. The van der Waals surface area contributed by atoms with Crippen LogP contribution in [0.4, 0.5) is 0 Å². The van der Waals surface area contributed by atoms with Crippen LogP contribution in [0.5, 0.6) is 5.75 Å². The summed E-state index contributed by atoms with van der Waals surface area (Å²) in [5.41, 5.74) is 1.24. The molecule has 0 radical (unpaired) electrons. The highest BCUT2D eigenvalue weighted by atomic mass is 16.5. The van der Waals surface area contributed by atoms with Crippen molar-refractivity contribution in [3.63, 3.8) is 0 Å². The molecule has 0 unspecified atom stereocenters. The van der Waals surface area contributed by atoms with E-state index in [0.717, 1.165) is 19.3 Å². The maximum atomic E-state index is 13.2. The minimum atomic E-state index is -0.526. The Kier molecular flexibility index (Phi) is 6.83. The van der Waals surface area contributed by atoms with Gasteiger partial charge < -0.3 is 9.30 Å². The Morgan fingerprint density at radius 1 is 1.15 bits per heavy atom. The Labute approximate surface area is 196 Å². The van der Waals surface area contributed by atoms with E-state index in [0.29, 0.717) is 41.1 Å². The van der Waals surface area contributed by atoms with Crippen LogP contribution in [-0.2, 0) is 6.54 Å². The molecule has 8 heteroatoms. The summed E-state index contributed by atoms with van der Waals surface area (Å²) in [5, 5.41) is 10.2. The largest absolute Gasteiger partial charge is 0.493 e. The molecule has 0 aliphatic carbocycles. The van der Waals surface area contributed by atoms with Gasteiger partial charge in [-0.15, -0.1) is 0 Å². The Hall–Kier alpha value is -4.25. The summed E-state index contributed by atoms with van der Waals surface area (Å²) in [6, 6.07) is 15.8. The highest BCUT2D eigenvalue weighted by Gasteiger charge is 2.17. The molecule has 0 aliphatic rings. The van der Waals surface area contributed by atoms with Gasteiger partial charge in [-0.3, -0.25) is 14.0 Å². The molecule has 0 atom stereocenters. The number of amides is 1. The maximum absolute atomic E-state index is 13.2. The normalized spacial score (nSPS) is 11.6. The minimum absolute atomic E-state index is 0.140. The lowest BCUT2D eigenvalue weighted by atomic mass is 10.2. The van der Waals surface area contributed by atoms with Gasteiger partial charge >= 0.3 is 0 Å². The van der Waals surface area contributed by atoms with E-state index in [1.165, 1.54) is 10.5 Å². The first-order valence-electron chi connectivity index (χ1n) is 11.3. The van der Waals surface area contributed by atoms with Gasteiger partial charge in [0, 0.05) is 12.7 Å². The van der Waals surface area contributed by atoms with Gasteiger partial charge in [0.1, 0.15) is 23.1 Å². The lowest BCUT2D eigenvalue weighted by Crippen LogP contribution is -2.29. The number of rotatable bonds is 7. The van der Waals surface area contributed by atoms with Crippen LogP contribution in [0.15, 0.2) is 64.5 Å². The summed E-state index contributed by atoms with van der Waals surface area (Å²) in [7, 11) is 0. The van der Waals surface area contributed by atoms with Crippen LogP contribution in [0.2, 0.25) is 0 Å². The van der Waals surface area contributed by atoms with Crippen LogP contribution in [0.1, 0.15) is 49.0 Å². The number of para-hydroxylation sites is 1. The van der Waals surface area contributed by atoms with Crippen molar-refractivity contribution >= 4 is 22.6 Å². The number of ether oxygens (including phenoxy) is 1. The van der Waals surface area contributed by atoms with Gasteiger partial charge in [0.2, 0.25) is 0 Å². The number of fused-ring (bicyclic) bond motifs is 2. The van der Waals surface area contributed by atoms with Gasteiger partial charge in [-0.2, -0.15) is 10.3 Å². The second-order valence-corrected chi connectivity index (χ2v) is 7.78. The topological polar surface area (TPSA) is 102 Å². The van der Waals surface area contributed by atoms with E-state index in [4.69, 9.17) is 9.72 Å². The fraction of sp³-hybridized carbons (Fsp3) is 0.269. The summed E-state index contributed by atoms with van der Waals surface area (Å²) < 4.78 is 8.75. The van der Waals surface area contributed by atoms with E-state index in [1.807, 2.05) is 6.92 Å². The van der Waals surface area contributed by atoms with Crippen molar-refractivity contribution < 1.29 is 9.53 Å². The molecule has 8 nitrogen and oxygen atoms in total. The molecular formula is C26H25N5O3. The van der Waals surface area contributed by atoms with Crippen molar-refractivity contribution in [2.75, 3.05) is 6.61 Å². The average molecular weight is 456 g/mol. The molecule has 34 heavy (non-hydrogen) atoms. The number of nitriles is 1. The van der Waals surface area contributed by atoms with Crippen LogP contribution in [0, 0.1) is 11.3 Å². The van der Waals surface area contributed by atoms with Crippen LogP contribution in [0.3, 0.4) is 0 Å². The summed E-state index contributed by atoms with van der Waals surface area (Å²) in [4.78, 5) is 35.5. The quantitative estimate of drug-likeness (QED) is 0.311. The SMILES string of the molecule is CCCCCn1c(=NC(=O)c2ccccc2OCC)c(C#N)cc2c(=O)n3ccccc3nc21. The predicted octanol–water partition coefficient (Wildman–Crippen LogP) is 3.85. The number of carbonyl (C=O) groups excluding carboxylic acids is 1. The molecule has 3 aromatic heterocycles. The fourth-order valence-electron chi connectivity index (χ4n) is 3.89. The monoisotopic (exact) mass is 455 g/mol. The van der Waals surface area contributed by atoms with E-state index >= 15 is 0 Å². The zero-order chi connectivity index (χ0) is 24.1. The second kappa shape index (κ2) is 10.1. The Morgan fingerprint density at radius 2 is 1.94 bits per heavy atom. The van der Waals surface area contributed by atoms with Gasteiger partial charge in [0.25, 0.3) is 11.5 Å². The lowest BCUT2D eigenvalue weighted by molar-refractivity contribution is 0.0993. The van der Waals surface area contributed by atoms with Crippen molar-refractivity contribution in [1.82, 2.24) is 14.0 Å². The molecular weight excluding hydrogens is 430 g/mol.